The zero-order chi connectivity index (χ0) is 18.7. The summed E-state index contributed by atoms with van der Waals surface area (Å²) in [4.78, 5) is 18.3. The predicted molar refractivity (Wildman–Crippen MR) is 96.0 cm³/mol. The molecule has 1 saturated heterocycles. The molecule has 1 aliphatic heterocycles. The van der Waals surface area contributed by atoms with Crippen LogP contribution in [0.3, 0.4) is 0 Å². The lowest BCUT2D eigenvalue weighted by atomic mass is 9.96. The van der Waals surface area contributed by atoms with Crippen LogP contribution in [0, 0.1) is 17.6 Å². The van der Waals surface area contributed by atoms with Gasteiger partial charge in [0.1, 0.15) is 23.1 Å². The van der Waals surface area contributed by atoms with Crippen LogP contribution in [-0.4, -0.2) is 33.6 Å². The average Bonchev–Trinajstić information content (AvgIpc) is 3.07. The molecule has 0 bridgehead atoms. The second-order valence-electron chi connectivity index (χ2n) is 7.05. The summed E-state index contributed by atoms with van der Waals surface area (Å²) in [7, 11) is 0. The number of imidazole rings is 1. The standard InChI is InChI=1S/C19H24F2N4O/c1-13(2)18-22-8-11-25(18)12-14-6-9-24(10-7-14)19(26)23-17-15(20)4-3-5-16(17)21/h3-5,8,11,13-14H,6-7,9-10,12H2,1-2H3,(H,23,26). The molecule has 1 aromatic carbocycles. The van der Waals surface area contributed by atoms with Crippen molar-refractivity contribution < 1.29 is 13.6 Å². The van der Waals surface area contributed by atoms with Crippen LogP contribution in [0.25, 0.3) is 0 Å². The Morgan fingerprint density at radius 3 is 2.54 bits per heavy atom. The molecule has 26 heavy (non-hydrogen) atoms. The minimum atomic E-state index is -0.769. The van der Waals surface area contributed by atoms with E-state index in [0.29, 0.717) is 24.9 Å². The maximum Gasteiger partial charge on any atom is 0.322 e. The molecule has 140 valence electrons. The number of para-hydroxylation sites is 1. The van der Waals surface area contributed by atoms with Gasteiger partial charge in [-0.3, -0.25) is 0 Å². The second kappa shape index (κ2) is 7.85. The van der Waals surface area contributed by atoms with Crippen LogP contribution in [0.4, 0.5) is 19.3 Å². The first-order valence-corrected chi connectivity index (χ1v) is 8.96. The summed E-state index contributed by atoms with van der Waals surface area (Å²) < 4.78 is 29.5. The van der Waals surface area contributed by atoms with Crippen molar-refractivity contribution in [2.75, 3.05) is 18.4 Å². The highest BCUT2D eigenvalue weighted by atomic mass is 19.1. The molecule has 0 atom stereocenters. The molecule has 7 heteroatoms. The summed E-state index contributed by atoms with van der Waals surface area (Å²) in [5.74, 6) is 0.354. The number of hydrogen-bond donors (Lipinski definition) is 1. The van der Waals surface area contributed by atoms with Gasteiger partial charge in [0, 0.05) is 37.9 Å². The van der Waals surface area contributed by atoms with Gasteiger partial charge in [0.2, 0.25) is 0 Å². The molecule has 2 amide bonds. The first-order chi connectivity index (χ1) is 12.5. The van der Waals surface area contributed by atoms with Crippen LogP contribution in [0.5, 0.6) is 0 Å². The lowest BCUT2D eigenvalue weighted by Gasteiger charge is -2.32. The molecule has 0 radical (unpaired) electrons. The molecule has 0 saturated carbocycles. The summed E-state index contributed by atoms with van der Waals surface area (Å²) >= 11 is 0. The van der Waals surface area contributed by atoms with E-state index in [1.165, 1.54) is 6.07 Å². The molecule has 0 unspecified atom stereocenters. The fourth-order valence-corrected chi connectivity index (χ4v) is 3.38. The minimum absolute atomic E-state index is 0.367. The summed E-state index contributed by atoms with van der Waals surface area (Å²) in [6.07, 6.45) is 5.52. The van der Waals surface area contributed by atoms with Gasteiger partial charge in [-0.15, -0.1) is 0 Å². The van der Waals surface area contributed by atoms with Crippen LogP contribution >= 0.6 is 0 Å². The van der Waals surface area contributed by atoms with E-state index in [4.69, 9.17) is 0 Å². The molecule has 1 aromatic heterocycles. The molecule has 5 nitrogen and oxygen atoms in total. The average molecular weight is 362 g/mol. The number of amides is 2. The van der Waals surface area contributed by atoms with Gasteiger partial charge in [-0.25, -0.2) is 18.6 Å². The number of nitrogens with zero attached hydrogens (tertiary/aromatic N) is 3. The Hall–Kier alpha value is -2.44. The highest BCUT2D eigenvalue weighted by Gasteiger charge is 2.25. The van der Waals surface area contributed by atoms with Crippen LogP contribution in [0.2, 0.25) is 0 Å². The van der Waals surface area contributed by atoms with Gasteiger partial charge in [0.15, 0.2) is 0 Å². The normalized spacial score (nSPS) is 15.5. The minimum Gasteiger partial charge on any atom is -0.334 e. The SMILES string of the molecule is CC(C)c1nccn1CC1CCN(C(=O)Nc2c(F)cccc2F)CC1. The fourth-order valence-electron chi connectivity index (χ4n) is 3.38. The molecule has 1 N–H and O–H groups in total. The lowest BCUT2D eigenvalue weighted by Crippen LogP contribution is -2.42. The number of aromatic nitrogens is 2. The number of nitrogens with one attached hydrogen (secondary N) is 1. The molecule has 0 spiro atoms. The first kappa shape index (κ1) is 18.4. The lowest BCUT2D eigenvalue weighted by molar-refractivity contribution is 0.176. The Morgan fingerprint density at radius 1 is 1.27 bits per heavy atom. The third-order valence-corrected chi connectivity index (χ3v) is 4.82. The first-order valence-electron chi connectivity index (χ1n) is 8.96. The van der Waals surface area contributed by atoms with Gasteiger partial charge in [0.25, 0.3) is 0 Å². The zero-order valence-corrected chi connectivity index (χ0v) is 15.1. The van der Waals surface area contributed by atoms with Crippen LogP contribution in [0.15, 0.2) is 30.6 Å². The second-order valence-corrected chi connectivity index (χ2v) is 7.05. The van der Waals surface area contributed by atoms with E-state index < -0.39 is 17.7 Å². The Morgan fingerprint density at radius 2 is 1.92 bits per heavy atom. The molecule has 2 heterocycles. The van der Waals surface area contributed by atoms with Crippen molar-refractivity contribution in [1.82, 2.24) is 14.5 Å². The summed E-state index contributed by atoms with van der Waals surface area (Å²) in [6.45, 7) is 6.25. The van der Waals surface area contributed by atoms with E-state index in [9.17, 15) is 13.6 Å². The molecular weight excluding hydrogens is 338 g/mol. The number of carbonyl (C=O) groups is 1. The Balaban J connectivity index is 1.55. The van der Waals surface area contributed by atoms with Crippen molar-refractivity contribution >= 4 is 11.7 Å². The van der Waals surface area contributed by atoms with Crippen LogP contribution < -0.4 is 5.32 Å². The number of piperidine rings is 1. The maximum atomic E-state index is 13.7. The van der Waals surface area contributed by atoms with Gasteiger partial charge < -0.3 is 14.8 Å². The number of hydrogen-bond acceptors (Lipinski definition) is 2. The van der Waals surface area contributed by atoms with Gasteiger partial charge in [-0.05, 0) is 30.9 Å². The van der Waals surface area contributed by atoms with Crippen molar-refractivity contribution in [2.24, 2.45) is 5.92 Å². The van der Waals surface area contributed by atoms with E-state index in [2.05, 4.69) is 28.7 Å². The third kappa shape index (κ3) is 4.03. The summed E-state index contributed by atoms with van der Waals surface area (Å²) in [5.41, 5.74) is -0.389. The largest absolute Gasteiger partial charge is 0.334 e. The summed E-state index contributed by atoms with van der Waals surface area (Å²) in [6, 6.07) is 3.07. The topological polar surface area (TPSA) is 50.2 Å². The number of benzene rings is 1. The highest BCUT2D eigenvalue weighted by molar-refractivity contribution is 5.89. The Bertz CT molecular complexity index is 746. The number of likely N-dealkylation sites (tertiary alicyclic amines) is 1. The number of urea groups is 1. The number of halogens is 2. The zero-order valence-electron chi connectivity index (χ0n) is 15.1. The quantitative estimate of drug-likeness (QED) is 0.885. The summed E-state index contributed by atoms with van der Waals surface area (Å²) in [5, 5.41) is 2.35. The van der Waals surface area contributed by atoms with E-state index in [1.54, 1.807) is 4.90 Å². The van der Waals surface area contributed by atoms with Crippen LogP contribution in [-0.2, 0) is 6.54 Å². The van der Waals surface area contributed by atoms with Crippen molar-refractivity contribution in [3.8, 4) is 0 Å². The van der Waals surface area contributed by atoms with E-state index in [1.807, 2.05) is 12.4 Å². The van der Waals surface area contributed by atoms with E-state index >= 15 is 0 Å². The van der Waals surface area contributed by atoms with Gasteiger partial charge >= 0.3 is 6.03 Å². The van der Waals surface area contributed by atoms with Crippen LogP contribution in [0.1, 0.15) is 38.4 Å². The van der Waals surface area contributed by atoms with Gasteiger partial charge in [-0.2, -0.15) is 0 Å². The van der Waals surface area contributed by atoms with Crippen molar-refractivity contribution in [3.05, 3.63) is 48.1 Å². The molecule has 1 aliphatic rings. The molecule has 1 fully saturated rings. The predicted octanol–water partition coefficient (Wildman–Crippen LogP) is 4.23. The third-order valence-electron chi connectivity index (χ3n) is 4.82. The Kier molecular flexibility index (Phi) is 5.54. The van der Waals surface area contributed by atoms with E-state index in [-0.39, 0.29) is 5.69 Å². The smallest absolute Gasteiger partial charge is 0.322 e. The molecule has 2 aromatic rings. The fraction of sp³-hybridized carbons (Fsp3) is 0.474. The van der Waals surface area contributed by atoms with Gasteiger partial charge in [0.05, 0.1) is 0 Å². The number of anilines is 1. The molecule has 3 rings (SSSR count). The van der Waals surface area contributed by atoms with Crippen molar-refractivity contribution in [3.63, 3.8) is 0 Å². The Labute approximate surface area is 152 Å². The maximum absolute atomic E-state index is 13.7. The number of rotatable bonds is 4. The molecule has 0 aliphatic carbocycles. The van der Waals surface area contributed by atoms with E-state index in [0.717, 1.165) is 37.3 Å². The molecular formula is C19H24F2N4O. The van der Waals surface area contributed by atoms with Crippen molar-refractivity contribution in [1.29, 1.82) is 0 Å². The monoisotopic (exact) mass is 362 g/mol. The van der Waals surface area contributed by atoms with Gasteiger partial charge in [-0.1, -0.05) is 19.9 Å². The highest BCUT2D eigenvalue weighted by Crippen LogP contribution is 2.23. The number of carbonyl (C=O) groups excluding carboxylic acids is 1. The van der Waals surface area contributed by atoms with Crippen molar-refractivity contribution in [2.45, 2.75) is 39.2 Å².